The molecule has 0 amide bonds. The fourth-order valence-electron chi connectivity index (χ4n) is 1.47. The second kappa shape index (κ2) is 4.80. The lowest BCUT2D eigenvalue weighted by atomic mass is 10.3. The predicted molar refractivity (Wildman–Crippen MR) is 66.9 cm³/mol. The number of hydrogen-bond donors (Lipinski definition) is 0. The van der Waals surface area contributed by atoms with Gasteiger partial charge in [-0.25, -0.2) is 4.98 Å². The lowest BCUT2D eigenvalue weighted by Gasteiger charge is -2.11. The van der Waals surface area contributed by atoms with Gasteiger partial charge >= 0.3 is 0 Å². The quantitative estimate of drug-likeness (QED) is 0.787. The Bertz CT molecular complexity index is 498. The summed E-state index contributed by atoms with van der Waals surface area (Å²) in [5, 5.41) is 1.58. The zero-order valence-corrected chi connectivity index (χ0v) is 10.5. The summed E-state index contributed by atoms with van der Waals surface area (Å²) in [6.45, 7) is 0. The fraction of sp³-hybridized carbons (Fsp3) is 0.182. The molecule has 0 radical (unpaired) electrons. The predicted octanol–water partition coefficient (Wildman–Crippen LogP) is 3.26. The van der Waals surface area contributed by atoms with E-state index < -0.39 is 0 Å². The molecule has 2 aromatic rings. The van der Waals surface area contributed by atoms with E-state index in [0.717, 1.165) is 16.6 Å². The third-order valence-corrected chi connectivity index (χ3v) is 3.09. The lowest BCUT2D eigenvalue weighted by molar-refractivity contribution is 0.412. The summed E-state index contributed by atoms with van der Waals surface area (Å²) in [4.78, 5) is 4.25. The average Bonchev–Trinajstić information content (AvgIpc) is 2.76. The van der Waals surface area contributed by atoms with Crippen LogP contribution in [0.2, 0.25) is 5.02 Å². The van der Waals surface area contributed by atoms with Gasteiger partial charge < -0.3 is 4.74 Å². The van der Waals surface area contributed by atoms with E-state index >= 15 is 0 Å². The molecule has 3 nitrogen and oxygen atoms in total. The molecule has 0 N–H and O–H groups in total. The van der Waals surface area contributed by atoms with Crippen LogP contribution in [0.4, 0.5) is 0 Å². The normalized spacial score (nSPS) is 10.4. The van der Waals surface area contributed by atoms with Crippen molar-refractivity contribution < 1.29 is 4.74 Å². The van der Waals surface area contributed by atoms with Gasteiger partial charge in [-0.1, -0.05) is 23.4 Å². The Labute approximate surface area is 103 Å². The van der Waals surface area contributed by atoms with Crippen LogP contribution in [0.3, 0.4) is 0 Å². The van der Waals surface area contributed by atoms with Crippen LogP contribution >= 0.6 is 23.4 Å². The summed E-state index contributed by atoms with van der Waals surface area (Å²) >= 11 is 7.50. The summed E-state index contributed by atoms with van der Waals surface area (Å²) in [5.74, 6) is 0.737. The highest BCUT2D eigenvalue weighted by Gasteiger charge is 2.09. The second-order valence-corrected chi connectivity index (χ2v) is 4.31. The number of thioether (sulfide) groups is 1. The van der Waals surface area contributed by atoms with Crippen LogP contribution in [0.15, 0.2) is 35.7 Å². The second-order valence-electron chi connectivity index (χ2n) is 3.10. The number of benzene rings is 1. The van der Waals surface area contributed by atoms with Gasteiger partial charge in [0.05, 0.1) is 12.8 Å². The zero-order chi connectivity index (χ0) is 11.5. The summed E-state index contributed by atoms with van der Waals surface area (Å²) in [7, 11) is 1.63. The molecule has 0 saturated carbocycles. The van der Waals surface area contributed by atoms with Crippen LogP contribution < -0.4 is 4.74 Å². The summed E-state index contributed by atoms with van der Waals surface area (Å²) in [5.41, 5.74) is 0.939. The zero-order valence-electron chi connectivity index (χ0n) is 8.98. The third-order valence-electron chi connectivity index (χ3n) is 2.19. The van der Waals surface area contributed by atoms with E-state index in [2.05, 4.69) is 4.98 Å². The molecule has 2 rings (SSSR count). The first-order chi connectivity index (χ1) is 7.76. The molecule has 0 spiro atoms. The van der Waals surface area contributed by atoms with Crippen LogP contribution in [0.1, 0.15) is 0 Å². The Kier molecular flexibility index (Phi) is 3.41. The molecule has 5 heteroatoms. The Balaban J connectivity index is 2.55. The van der Waals surface area contributed by atoms with E-state index in [0.29, 0.717) is 5.02 Å². The standard InChI is InChI=1S/C11H11ClN2OS/c1-15-10-7-8(12)3-4-9(10)14-6-5-13-11(14)16-2/h3-7H,1-2H3. The Hall–Kier alpha value is -1.13. The average molecular weight is 255 g/mol. The summed E-state index contributed by atoms with van der Waals surface area (Å²) in [6, 6.07) is 5.55. The molecular weight excluding hydrogens is 244 g/mol. The molecule has 0 aliphatic rings. The van der Waals surface area contributed by atoms with E-state index in [1.807, 2.05) is 29.2 Å². The number of nitrogens with zero attached hydrogens (tertiary/aromatic N) is 2. The van der Waals surface area contributed by atoms with Gasteiger partial charge in [0.1, 0.15) is 5.75 Å². The Morgan fingerprint density at radius 1 is 1.44 bits per heavy atom. The van der Waals surface area contributed by atoms with Crippen molar-refractivity contribution in [2.75, 3.05) is 13.4 Å². The highest BCUT2D eigenvalue weighted by molar-refractivity contribution is 7.98. The topological polar surface area (TPSA) is 27.1 Å². The van der Waals surface area contributed by atoms with Gasteiger partial charge in [-0.3, -0.25) is 4.57 Å². The van der Waals surface area contributed by atoms with Crippen molar-refractivity contribution in [1.29, 1.82) is 0 Å². The molecule has 0 saturated heterocycles. The molecule has 1 aromatic heterocycles. The smallest absolute Gasteiger partial charge is 0.172 e. The van der Waals surface area contributed by atoms with E-state index in [-0.39, 0.29) is 0 Å². The van der Waals surface area contributed by atoms with Crippen LogP contribution in [-0.4, -0.2) is 22.9 Å². The van der Waals surface area contributed by atoms with Gasteiger partial charge in [0.2, 0.25) is 0 Å². The SMILES string of the molecule is COc1cc(Cl)ccc1-n1ccnc1SC. The highest BCUT2D eigenvalue weighted by Crippen LogP contribution is 2.29. The molecular formula is C11H11ClN2OS. The Morgan fingerprint density at radius 2 is 2.25 bits per heavy atom. The molecule has 0 aliphatic carbocycles. The maximum atomic E-state index is 5.92. The molecule has 1 aromatic carbocycles. The molecule has 16 heavy (non-hydrogen) atoms. The van der Waals surface area contributed by atoms with Crippen LogP contribution in [-0.2, 0) is 0 Å². The number of ether oxygens (including phenoxy) is 1. The molecule has 1 heterocycles. The number of halogens is 1. The van der Waals surface area contributed by atoms with Crippen molar-refractivity contribution in [1.82, 2.24) is 9.55 Å². The van der Waals surface area contributed by atoms with Crippen molar-refractivity contribution in [3.05, 3.63) is 35.6 Å². The summed E-state index contributed by atoms with van der Waals surface area (Å²) in [6.07, 6.45) is 5.65. The molecule has 0 atom stereocenters. The minimum atomic E-state index is 0.659. The molecule has 0 aliphatic heterocycles. The van der Waals surface area contributed by atoms with Gasteiger partial charge in [-0.05, 0) is 18.4 Å². The van der Waals surface area contributed by atoms with Crippen molar-refractivity contribution in [2.45, 2.75) is 5.16 Å². The van der Waals surface area contributed by atoms with Gasteiger partial charge in [0, 0.05) is 23.5 Å². The van der Waals surface area contributed by atoms with Crippen molar-refractivity contribution in [2.24, 2.45) is 0 Å². The largest absolute Gasteiger partial charge is 0.495 e. The first kappa shape index (κ1) is 11.4. The first-order valence-electron chi connectivity index (χ1n) is 4.67. The number of imidazole rings is 1. The van der Waals surface area contributed by atoms with Crippen molar-refractivity contribution in [3.63, 3.8) is 0 Å². The van der Waals surface area contributed by atoms with E-state index in [1.165, 1.54) is 0 Å². The molecule has 84 valence electrons. The van der Waals surface area contributed by atoms with Gasteiger partial charge in [-0.2, -0.15) is 0 Å². The van der Waals surface area contributed by atoms with Crippen molar-refractivity contribution in [3.8, 4) is 11.4 Å². The first-order valence-corrected chi connectivity index (χ1v) is 6.28. The minimum absolute atomic E-state index is 0.659. The van der Waals surface area contributed by atoms with Gasteiger partial charge in [0.25, 0.3) is 0 Å². The molecule has 0 unspecified atom stereocenters. The van der Waals surface area contributed by atoms with E-state index in [1.54, 1.807) is 31.1 Å². The van der Waals surface area contributed by atoms with Crippen LogP contribution in [0.5, 0.6) is 5.75 Å². The molecule has 0 bridgehead atoms. The third kappa shape index (κ3) is 2.03. The number of rotatable bonds is 3. The Morgan fingerprint density at radius 3 is 2.94 bits per heavy atom. The van der Waals surface area contributed by atoms with Crippen LogP contribution in [0.25, 0.3) is 5.69 Å². The monoisotopic (exact) mass is 254 g/mol. The van der Waals surface area contributed by atoms with E-state index in [9.17, 15) is 0 Å². The summed E-state index contributed by atoms with van der Waals surface area (Å²) < 4.78 is 7.28. The number of aromatic nitrogens is 2. The van der Waals surface area contributed by atoms with Crippen molar-refractivity contribution >= 4 is 23.4 Å². The van der Waals surface area contributed by atoms with E-state index in [4.69, 9.17) is 16.3 Å². The van der Waals surface area contributed by atoms with Gasteiger partial charge in [-0.15, -0.1) is 0 Å². The maximum absolute atomic E-state index is 5.92. The fourth-order valence-corrected chi connectivity index (χ4v) is 2.16. The van der Waals surface area contributed by atoms with Gasteiger partial charge in [0.15, 0.2) is 5.16 Å². The lowest BCUT2D eigenvalue weighted by Crippen LogP contribution is -1.98. The highest BCUT2D eigenvalue weighted by atomic mass is 35.5. The van der Waals surface area contributed by atoms with Crippen LogP contribution in [0, 0.1) is 0 Å². The molecule has 0 fully saturated rings. The maximum Gasteiger partial charge on any atom is 0.172 e. The number of methoxy groups -OCH3 is 1. The minimum Gasteiger partial charge on any atom is -0.495 e. The number of hydrogen-bond acceptors (Lipinski definition) is 3.